The first-order valence-corrected chi connectivity index (χ1v) is 19.8. The van der Waals surface area contributed by atoms with Crippen LogP contribution in [-0.2, 0) is 68.3 Å². The Morgan fingerprint density at radius 2 is 1.22 bits per heavy atom. The number of aliphatic carboxylic acids is 8. The number of aromatic nitrogens is 1. The maximum absolute atomic E-state index is 12.5. The number of fused-ring (bicyclic) bond motifs is 8. The van der Waals surface area contributed by atoms with Crippen LogP contribution in [0.15, 0.2) is 46.1 Å². The van der Waals surface area contributed by atoms with E-state index < -0.39 is 134 Å². The van der Waals surface area contributed by atoms with Crippen LogP contribution in [0.25, 0.3) is 17.5 Å². The summed E-state index contributed by atoms with van der Waals surface area (Å²) in [5.74, 6) is -12.5. The van der Waals surface area contributed by atoms with Crippen LogP contribution in [0.3, 0.4) is 0 Å². The first-order valence-electron chi connectivity index (χ1n) is 19.8. The van der Waals surface area contributed by atoms with Crippen molar-refractivity contribution >= 4 is 59.9 Å². The minimum atomic E-state index is -1.53. The summed E-state index contributed by atoms with van der Waals surface area (Å²) in [6.45, 7) is 3.08. The number of nitrogens with one attached hydrogen (secondary N) is 2. The van der Waals surface area contributed by atoms with Gasteiger partial charge in [0.05, 0.1) is 18.9 Å². The number of nitrogens with zero attached hydrogens (tertiary/aromatic N) is 2. The second-order valence-corrected chi connectivity index (χ2v) is 16.4. The van der Waals surface area contributed by atoms with Crippen LogP contribution in [-0.4, -0.2) is 90.5 Å². The van der Waals surface area contributed by atoms with Gasteiger partial charge in [0.25, 0.3) is 0 Å². The van der Waals surface area contributed by atoms with Crippen LogP contribution in [0.2, 0.25) is 0 Å². The first kappa shape index (κ1) is 49.3. The monoisotopic (exact) mass is 920 g/mol. The van der Waals surface area contributed by atoms with Gasteiger partial charge in [-0.3, -0.25) is 28.8 Å². The zero-order valence-electron chi connectivity index (χ0n) is 34.2. The summed E-state index contributed by atoms with van der Waals surface area (Å²) in [5, 5.41) is 95.4. The van der Waals surface area contributed by atoms with Gasteiger partial charge < -0.3 is 71.4 Å². The predicted octanol–water partition coefficient (Wildman–Crippen LogP) is 0.435. The molecule has 2 fully saturated rings. The van der Waals surface area contributed by atoms with Gasteiger partial charge in [0.15, 0.2) is 0 Å². The summed E-state index contributed by atoms with van der Waals surface area (Å²) in [7, 11) is 0. The molecule has 0 aliphatic carbocycles. The molecule has 4 aliphatic rings. The first-order chi connectivity index (χ1) is 29.0. The minimum absolute atomic E-state index is 0. The molecule has 21 heteroatoms. The molecule has 1 aromatic rings. The Morgan fingerprint density at radius 3 is 1.78 bits per heavy atom. The Balaban J connectivity index is 0.00000871. The summed E-state index contributed by atoms with van der Waals surface area (Å²) in [6.07, 6.45) is 0.426. The van der Waals surface area contributed by atoms with Gasteiger partial charge in [-0.15, -0.1) is 11.4 Å². The molecule has 20 nitrogen and oxygen atoms in total. The quantitative estimate of drug-likeness (QED) is 0.0822. The fraction of sp³-hybridized carbons (Fsp3) is 0.476. The van der Waals surface area contributed by atoms with Crippen molar-refractivity contribution in [1.29, 1.82) is 0 Å². The molecule has 1 aromatic heterocycles. The van der Waals surface area contributed by atoms with E-state index >= 15 is 0 Å². The Hall–Kier alpha value is -6.34. The van der Waals surface area contributed by atoms with E-state index in [4.69, 9.17) is 10.3 Å². The second kappa shape index (κ2) is 19.8. The number of carboxylic acid groups (broad SMARTS) is 8. The number of hydrogen-bond donors (Lipinski definition) is 8. The number of rotatable bonds is 20. The summed E-state index contributed by atoms with van der Waals surface area (Å²) < 4.78 is 0. The van der Waals surface area contributed by atoms with Crippen LogP contribution < -0.4 is 25.8 Å². The molecular formula is C42H48FeN4O16-4. The van der Waals surface area contributed by atoms with Crippen LogP contribution in [0.4, 0.5) is 0 Å². The van der Waals surface area contributed by atoms with Crippen molar-refractivity contribution < 1.29 is 96.3 Å². The van der Waals surface area contributed by atoms with E-state index in [0.29, 0.717) is 0 Å². The fourth-order valence-electron chi connectivity index (χ4n) is 9.33. The van der Waals surface area contributed by atoms with Crippen molar-refractivity contribution in [2.24, 2.45) is 22.7 Å². The van der Waals surface area contributed by atoms with Gasteiger partial charge in [-0.25, -0.2) is 0 Å². The zero-order valence-corrected chi connectivity index (χ0v) is 35.4. The molecule has 2 saturated heterocycles. The van der Waals surface area contributed by atoms with E-state index in [9.17, 15) is 79.2 Å². The standard InChI is InChI=1S/C42H48N4O16.Fe.2H/c1-41(17-39(59)60)23(5-9-35(51)52)29-14-27-21(11-37(55)56)19(3-7-33(47)48)25(43-27)13-26-20(4-8-34(49)50)22(12-38(57)58)28(44-26)15-31-42(2,18-40(61)62)24(6-10-36(53)54)30(46-31)16-32(41)45-29;;;/h13-16,23-24,28,32,44-45H,3-12,17-18H2,1-2H3,(H,47,48)(H,49,50)(H,51,52)(H,53,54)(H,55,56)(H,57,58)(H,59,60)(H,61,62);;;/q-2;;;/p-2. The van der Waals surface area contributed by atoms with Crippen molar-refractivity contribution in [3.8, 4) is 0 Å². The average Bonchev–Trinajstić information content (AvgIpc) is 3.77. The number of allylic oxidation sites excluding steroid dienone is 4. The predicted molar refractivity (Wildman–Crippen MR) is 212 cm³/mol. The van der Waals surface area contributed by atoms with Gasteiger partial charge in [-0.2, -0.15) is 11.4 Å². The topological polar surface area (TPSA) is 356 Å². The number of carbonyl (C=O) groups excluding carboxylic acids is 2. The molecule has 0 saturated carbocycles. The third-order valence-electron chi connectivity index (χ3n) is 12.2. The summed E-state index contributed by atoms with van der Waals surface area (Å²) in [5.41, 5.74) is -1.74. The molecule has 63 heavy (non-hydrogen) atoms. The molecule has 5 rings (SSSR count). The van der Waals surface area contributed by atoms with Gasteiger partial charge in [-0.05, 0) is 66.6 Å². The maximum atomic E-state index is 12.5. The van der Waals surface area contributed by atoms with E-state index in [1.165, 1.54) is 31.2 Å². The molecule has 6 atom stereocenters. The average molecular weight is 921 g/mol. The molecule has 0 spiro atoms. The number of carboxylic acids is 8. The molecule has 0 aromatic carbocycles. The fourth-order valence-corrected chi connectivity index (χ4v) is 9.33. The van der Waals surface area contributed by atoms with Gasteiger partial charge in [0.2, 0.25) is 0 Å². The molecule has 0 amide bonds. The van der Waals surface area contributed by atoms with Gasteiger partial charge in [0, 0.05) is 66.4 Å². The van der Waals surface area contributed by atoms with Gasteiger partial charge in [0.1, 0.15) is 0 Å². The van der Waals surface area contributed by atoms with Crippen molar-refractivity contribution in [3.63, 3.8) is 0 Å². The third-order valence-corrected chi connectivity index (χ3v) is 12.2. The Labute approximate surface area is 370 Å². The van der Waals surface area contributed by atoms with Gasteiger partial charge >= 0.3 is 52.9 Å². The summed E-state index contributed by atoms with van der Waals surface area (Å²) >= 11 is 0. The van der Waals surface area contributed by atoms with E-state index in [1.807, 2.05) is 0 Å². The molecule has 6 unspecified atom stereocenters. The van der Waals surface area contributed by atoms with E-state index in [1.54, 1.807) is 6.92 Å². The van der Waals surface area contributed by atoms with Crippen LogP contribution in [0.5, 0.6) is 0 Å². The van der Waals surface area contributed by atoms with E-state index in [0.717, 1.165) is 0 Å². The van der Waals surface area contributed by atoms with Crippen molar-refractivity contribution in [2.45, 2.75) is 103 Å². The van der Waals surface area contributed by atoms with Gasteiger partial charge in [-0.1, -0.05) is 43.7 Å². The molecular weight excluding hydrogens is 872 g/mol. The summed E-state index contributed by atoms with van der Waals surface area (Å²) in [4.78, 5) is 102. The Kier molecular flexibility index (Phi) is 15.5. The van der Waals surface area contributed by atoms with E-state index in [-0.39, 0.29) is 99.2 Å². The molecule has 8 bridgehead atoms. The number of hydrogen-bond acceptors (Lipinski definition) is 12. The van der Waals surface area contributed by atoms with E-state index in [2.05, 4.69) is 10.6 Å². The third kappa shape index (κ3) is 11.2. The van der Waals surface area contributed by atoms with Crippen molar-refractivity contribution in [3.05, 3.63) is 73.9 Å². The zero-order chi connectivity index (χ0) is 45.8. The second-order valence-electron chi connectivity index (χ2n) is 16.4. The summed E-state index contributed by atoms with van der Waals surface area (Å²) in [6, 6.07) is -2.16. The molecule has 0 radical (unpaired) electrons. The molecule has 5 heterocycles. The molecule has 344 valence electrons. The number of carbonyl (C=O) groups is 8. The Morgan fingerprint density at radius 1 is 0.667 bits per heavy atom. The van der Waals surface area contributed by atoms with Crippen LogP contribution >= 0.6 is 0 Å². The van der Waals surface area contributed by atoms with Crippen molar-refractivity contribution in [2.75, 3.05) is 0 Å². The molecule has 8 N–H and O–H groups in total. The van der Waals surface area contributed by atoms with Crippen LogP contribution in [0.1, 0.15) is 101 Å². The normalized spacial score (nSPS) is 24.6. The SMILES string of the molecule is CC1(CC(=O)[O-])C2=CC3NC(=Cc4[n-]c(c(CC(=O)O)c4CCC(=O)O)C=C4NC(C=C([N-]2)C1CCC(=O)O)C(C)(CC(=O)[O-])C4CCC(=O)O)C(CCC(=O)O)=C3CC(=O)O.[FeH2]. The Bertz CT molecular complexity index is 2250. The molecule has 4 aliphatic heterocycles. The van der Waals surface area contributed by atoms with Crippen LogP contribution in [0, 0.1) is 22.7 Å². The van der Waals surface area contributed by atoms with Crippen molar-refractivity contribution in [1.82, 2.24) is 15.6 Å².